The van der Waals surface area contributed by atoms with Crippen molar-refractivity contribution in [3.63, 3.8) is 0 Å². The molecule has 0 bridgehead atoms. The molecule has 1 aromatic heterocycles. The molecule has 0 fully saturated rings. The molecule has 2 aromatic rings. The Morgan fingerprint density at radius 1 is 1.32 bits per heavy atom. The molecular weight excluding hydrogens is 252 g/mol. The molecule has 0 unspecified atom stereocenters. The zero-order valence-electron chi connectivity index (χ0n) is 10.2. The number of non-ortho nitro benzene ring substituents is 1. The number of hydrogen-bond donors (Lipinski definition) is 0. The molecule has 0 radical (unpaired) electrons. The first-order chi connectivity index (χ1) is 9.06. The summed E-state index contributed by atoms with van der Waals surface area (Å²) in [4.78, 5) is 25.8. The first-order valence-electron chi connectivity index (χ1n) is 5.28. The molecule has 0 aliphatic carbocycles. The molecule has 0 aliphatic rings. The van der Waals surface area contributed by atoms with Crippen LogP contribution in [0.2, 0.25) is 0 Å². The van der Waals surface area contributed by atoms with Crippen molar-refractivity contribution in [2.75, 3.05) is 14.2 Å². The summed E-state index contributed by atoms with van der Waals surface area (Å²) in [6, 6.07) is 5.71. The van der Waals surface area contributed by atoms with Crippen LogP contribution in [0.1, 0.15) is 10.4 Å². The maximum absolute atomic E-state index is 11.6. The van der Waals surface area contributed by atoms with Crippen LogP contribution in [0, 0.1) is 10.1 Å². The summed E-state index contributed by atoms with van der Waals surface area (Å²) in [5, 5.41) is 11.3. The van der Waals surface area contributed by atoms with Crippen LogP contribution in [0.5, 0.6) is 5.88 Å². The van der Waals surface area contributed by atoms with E-state index in [1.54, 1.807) is 0 Å². The molecule has 1 aromatic carbocycles. The average molecular weight is 262 g/mol. The van der Waals surface area contributed by atoms with Gasteiger partial charge in [-0.3, -0.25) is 10.1 Å². The van der Waals surface area contributed by atoms with Crippen LogP contribution in [0.25, 0.3) is 10.9 Å². The summed E-state index contributed by atoms with van der Waals surface area (Å²) < 4.78 is 9.62. The van der Waals surface area contributed by atoms with Crippen LogP contribution in [0.4, 0.5) is 5.69 Å². The van der Waals surface area contributed by atoms with E-state index in [-0.39, 0.29) is 17.1 Å². The lowest BCUT2D eigenvalue weighted by Crippen LogP contribution is -2.05. The van der Waals surface area contributed by atoms with Gasteiger partial charge in [-0.25, -0.2) is 9.78 Å². The number of rotatable bonds is 3. The van der Waals surface area contributed by atoms with E-state index in [2.05, 4.69) is 9.72 Å². The van der Waals surface area contributed by atoms with Crippen molar-refractivity contribution in [1.29, 1.82) is 0 Å². The van der Waals surface area contributed by atoms with Crippen LogP contribution >= 0.6 is 0 Å². The first kappa shape index (κ1) is 12.7. The number of nitrogens with zero attached hydrogens (tertiary/aromatic N) is 2. The lowest BCUT2D eigenvalue weighted by Gasteiger charge is -2.07. The molecule has 0 aliphatic heterocycles. The summed E-state index contributed by atoms with van der Waals surface area (Å²) in [6.07, 6.45) is 0. The van der Waals surface area contributed by atoms with Crippen LogP contribution in [0.3, 0.4) is 0 Å². The van der Waals surface area contributed by atoms with Crippen molar-refractivity contribution < 1.29 is 19.2 Å². The Morgan fingerprint density at radius 3 is 2.63 bits per heavy atom. The summed E-state index contributed by atoms with van der Waals surface area (Å²) >= 11 is 0. The predicted molar refractivity (Wildman–Crippen MR) is 66.3 cm³/mol. The summed E-state index contributed by atoms with van der Waals surface area (Å²) in [5.74, 6) is -0.510. The second-order valence-electron chi connectivity index (χ2n) is 3.67. The Balaban J connectivity index is 2.66. The molecule has 0 saturated heterocycles. The number of ether oxygens (including phenoxy) is 2. The molecule has 1 heterocycles. The van der Waals surface area contributed by atoms with E-state index in [1.165, 1.54) is 38.5 Å². The van der Waals surface area contributed by atoms with E-state index in [0.29, 0.717) is 10.9 Å². The van der Waals surface area contributed by atoms with E-state index >= 15 is 0 Å². The number of methoxy groups -OCH3 is 2. The highest BCUT2D eigenvalue weighted by Crippen LogP contribution is 2.25. The molecule has 0 N–H and O–H groups in total. The zero-order chi connectivity index (χ0) is 14.0. The molecule has 0 atom stereocenters. The zero-order valence-corrected chi connectivity index (χ0v) is 10.2. The SMILES string of the molecule is COC(=O)c1cc2ccc([N+](=O)[O-])cc2nc1OC. The predicted octanol–water partition coefficient (Wildman–Crippen LogP) is 1.94. The Morgan fingerprint density at radius 2 is 2.05 bits per heavy atom. The van der Waals surface area contributed by atoms with Gasteiger partial charge in [0.1, 0.15) is 5.56 Å². The third-order valence-electron chi connectivity index (χ3n) is 2.58. The summed E-state index contributed by atoms with van der Waals surface area (Å²) in [6.45, 7) is 0. The molecule has 7 heteroatoms. The van der Waals surface area contributed by atoms with Gasteiger partial charge in [-0.1, -0.05) is 0 Å². The van der Waals surface area contributed by atoms with Gasteiger partial charge in [-0.05, 0) is 12.1 Å². The standard InChI is InChI=1S/C12H10N2O5/c1-18-11-9(12(15)19-2)5-7-3-4-8(14(16)17)6-10(7)13-11/h3-6H,1-2H3. The minimum atomic E-state index is -0.579. The van der Waals surface area contributed by atoms with E-state index < -0.39 is 10.9 Å². The van der Waals surface area contributed by atoms with Gasteiger partial charge in [-0.15, -0.1) is 0 Å². The molecule has 2 rings (SSSR count). The maximum atomic E-state index is 11.6. The first-order valence-corrected chi connectivity index (χ1v) is 5.28. The number of nitro groups is 1. The highest BCUT2D eigenvalue weighted by molar-refractivity contribution is 5.96. The maximum Gasteiger partial charge on any atom is 0.343 e. The van der Waals surface area contributed by atoms with Crippen molar-refractivity contribution in [2.24, 2.45) is 0 Å². The van der Waals surface area contributed by atoms with E-state index in [4.69, 9.17) is 4.74 Å². The number of fused-ring (bicyclic) bond motifs is 1. The topological polar surface area (TPSA) is 91.6 Å². The number of pyridine rings is 1. The number of carbonyl (C=O) groups is 1. The fraction of sp³-hybridized carbons (Fsp3) is 0.167. The largest absolute Gasteiger partial charge is 0.480 e. The molecular formula is C12H10N2O5. The molecule has 0 amide bonds. The normalized spacial score (nSPS) is 10.2. The fourth-order valence-electron chi connectivity index (χ4n) is 1.66. The highest BCUT2D eigenvalue weighted by Gasteiger charge is 2.17. The third kappa shape index (κ3) is 2.30. The number of esters is 1. The van der Waals surface area contributed by atoms with E-state index in [9.17, 15) is 14.9 Å². The van der Waals surface area contributed by atoms with Gasteiger partial charge in [0.05, 0.1) is 24.7 Å². The molecule has 0 spiro atoms. The van der Waals surface area contributed by atoms with Crippen molar-refractivity contribution in [3.8, 4) is 5.88 Å². The van der Waals surface area contributed by atoms with Crippen LogP contribution < -0.4 is 4.74 Å². The number of carbonyl (C=O) groups excluding carboxylic acids is 1. The molecule has 7 nitrogen and oxygen atoms in total. The van der Waals surface area contributed by atoms with E-state index in [1.807, 2.05) is 0 Å². The van der Waals surface area contributed by atoms with Crippen LogP contribution in [-0.4, -0.2) is 30.1 Å². The van der Waals surface area contributed by atoms with Crippen LogP contribution in [0.15, 0.2) is 24.3 Å². The molecule has 98 valence electrons. The Kier molecular flexibility index (Phi) is 3.28. The lowest BCUT2D eigenvalue weighted by atomic mass is 10.1. The van der Waals surface area contributed by atoms with Gasteiger partial charge >= 0.3 is 5.97 Å². The van der Waals surface area contributed by atoms with Crippen molar-refractivity contribution >= 4 is 22.6 Å². The average Bonchev–Trinajstić information content (AvgIpc) is 2.44. The lowest BCUT2D eigenvalue weighted by molar-refractivity contribution is -0.384. The number of hydrogen-bond acceptors (Lipinski definition) is 6. The van der Waals surface area contributed by atoms with Gasteiger partial charge in [0.2, 0.25) is 5.88 Å². The van der Waals surface area contributed by atoms with Crippen molar-refractivity contribution in [2.45, 2.75) is 0 Å². The summed E-state index contributed by atoms with van der Waals surface area (Å²) in [5.41, 5.74) is 0.470. The highest BCUT2D eigenvalue weighted by atomic mass is 16.6. The number of benzene rings is 1. The quantitative estimate of drug-likeness (QED) is 0.477. The second-order valence-corrected chi connectivity index (χ2v) is 3.67. The van der Waals surface area contributed by atoms with Crippen molar-refractivity contribution in [3.05, 3.63) is 39.9 Å². The smallest absolute Gasteiger partial charge is 0.343 e. The summed E-state index contributed by atoms with van der Waals surface area (Å²) in [7, 11) is 2.61. The van der Waals surface area contributed by atoms with E-state index in [0.717, 1.165) is 0 Å². The molecule has 19 heavy (non-hydrogen) atoms. The van der Waals surface area contributed by atoms with Gasteiger partial charge in [0, 0.05) is 17.5 Å². The third-order valence-corrected chi connectivity index (χ3v) is 2.58. The van der Waals surface area contributed by atoms with Gasteiger partial charge in [-0.2, -0.15) is 0 Å². The second kappa shape index (κ2) is 4.89. The van der Waals surface area contributed by atoms with Crippen molar-refractivity contribution in [1.82, 2.24) is 4.98 Å². The monoisotopic (exact) mass is 262 g/mol. The minimum absolute atomic E-state index is 0.0693. The number of nitro benzene ring substituents is 1. The Labute approximate surface area is 107 Å². The minimum Gasteiger partial charge on any atom is -0.480 e. The Hall–Kier alpha value is -2.70. The van der Waals surface area contributed by atoms with Gasteiger partial charge < -0.3 is 9.47 Å². The Bertz CT molecular complexity index is 668. The fourth-order valence-corrected chi connectivity index (χ4v) is 1.66. The van der Waals surface area contributed by atoms with Gasteiger partial charge in [0.25, 0.3) is 5.69 Å². The van der Waals surface area contributed by atoms with Crippen LogP contribution in [-0.2, 0) is 4.74 Å². The van der Waals surface area contributed by atoms with Gasteiger partial charge in [0.15, 0.2) is 0 Å². The molecule has 0 saturated carbocycles. The number of aromatic nitrogens is 1.